The van der Waals surface area contributed by atoms with Crippen molar-refractivity contribution in [1.29, 1.82) is 0 Å². The van der Waals surface area contributed by atoms with Crippen LogP contribution < -0.4 is 0 Å². The number of benzene rings is 1. The van der Waals surface area contributed by atoms with E-state index in [9.17, 15) is 24.3 Å². The molecule has 1 fully saturated rings. The van der Waals surface area contributed by atoms with E-state index >= 15 is 0 Å². The van der Waals surface area contributed by atoms with Crippen LogP contribution in [0.5, 0.6) is 0 Å². The number of allylic oxidation sites excluding steroid dienone is 1. The summed E-state index contributed by atoms with van der Waals surface area (Å²) in [6.07, 6.45) is 0. The standard InChI is InChI=1S/C16H13BrN2O6S/c1-25-16(24)10(9(20)6-17)19-14(23)11(15(19)26)18-12(21)7-4-2-3-5-8(7)13(18)22/h2-5,11,15,20,26H,6H2,1H3/b10-9-. The van der Waals surface area contributed by atoms with E-state index in [2.05, 4.69) is 33.3 Å². The first-order valence-corrected chi connectivity index (χ1v) is 9.03. The van der Waals surface area contributed by atoms with Gasteiger partial charge in [0.1, 0.15) is 17.2 Å². The fourth-order valence-electron chi connectivity index (χ4n) is 2.92. The lowest BCUT2D eigenvalue weighted by atomic mass is 10.0. The molecule has 0 aliphatic carbocycles. The van der Waals surface area contributed by atoms with Gasteiger partial charge in [-0.15, -0.1) is 0 Å². The number of rotatable bonds is 4. The second-order valence-corrected chi connectivity index (χ2v) is 6.60. The second-order valence-electron chi connectivity index (χ2n) is 5.51. The molecule has 3 amide bonds. The van der Waals surface area contributed by atoms with Gasteiger partial charge in [0.15, 0.2) is 5.70 Å². The number of halogens is 1. The first kappa shape index (κ1) is 18.5. The van der Waals surface area contributed by atoms with Crippen LogP contribution in [0.2, 0.25) is 0 Å². The monoisotopic (exact) mass is 440 g/mol. The predicted octanol–water partition coefficient (Wildman–Crippen LogP) is 1.09. The van der Waals surface area contributed by atoms with Crippen LogP contribution >= 0.6 is 28.6 Å². The van der Waals surface area contributed by atoms with Gasteiger partial charge in [0.05, 0.1) is 23.6 Å². The molecule has 0 bridgehead atoms. The van der Waals surface area contributed by atoms with E-state index in [-0.39, 0.29) is 22.2 Å². The molecule has 0 radical (unpaired) electrons. The Morgan fingerprint density at radius 2 is 1.77 bits per heavy atom. The van der Waals surface area contributed by atoms with Crippen LogP contribution in [0.1, 0.15) is 20.7 Å². The number of aliphatic hydroxyl groups is 1. The Morgan fingerprint density at radius 3 is 2.19 bits per heavy atom. The highest BCUT2D eigenvalue weighted by molar-refractivity contribution is 9.09. The Kier molecular flexibility index (Phi) is 4.80. The third-order valence-electron chi connectivity index (χ3n) is 4.16. The molecule has 1 N–H and O–H groups in total. The number of hydrogen-bond acceptors (Lipinski definition) is 7. The molecule has 1 aromatic carbocycles. The smallest absolute Gasteiger partial charge is 0.358 e. The fourth-order valence-corrected chi connectivity index (χ4v) is 3.68. The zero-order chi connectivity index (χ0) is 19.2. The summed E-state index contributed by atoms with van der Waals surface area (Å²) >= 11 is 7.26. The van der Waals surface area contributed by atoms with Gasteiger partial charge in [0.2, 0.25) is 0 Å². The molecule has 1 saturated heterocycles. The highest BCUT2D eigenvalue weighted by Crippen LogP contribution is 2.37. The van der Waals surface area contributed by atoms with Gasteiger partial charge in [-0.3, -0.25) is 24.2 Å². The van der Waals surface area contributed by atoms with Gasteiger partial charge in [-0.05, 0) is 12.1 Å². The maximum absolute atomic E-state index is 12.6. The number of imide groups is 1. The van der Waals surface area contributed by atoms with Crippen LogP contribution in [-0.4, -0.2) is 62.5 Å². The maximum Gasteiger partial charge on any atom is 0.358 e. The van der Waals surface area contributed by atoms with Crippen LogP contribution in [0.15, 0.2) is 35.7 Å². The molecule has 0 saturated carbocycles. The van der Waals surface area contributed by atoms with Gasteiger partial charge < -0.3 is 9.84 Å². The van der Waals surface area contributed by atoms with Crippen molar-refractivity contribution in [3.63, 3.8) is 0 Å². The van der Waals surface area contributed by atoms with Crippen molar-refractivity contribution in [3.05, 3.63) is 46.8 Å². The Morgan fingerprint density at radius 1 is 1.23 bits per heavy atom. The number of likely N-dealkylation sites (tertiary alicyclic amines) is 1. The lowest BCUT2D eigenvalue weighted by molar-refractivity contribution is -0.153. The van der Waals surface area contributed by atoms with Crippen molar-refractivity contribution in [2.24, 2.45) is 0 Å². The van der Waals surface area contributed by atoms with Crippen LogP contribution in [0, 0.1) is 0 Å². The van der Waals surface area contributed by atoms with E-state index < -0.39 is 40.9 Å². The van der Waals surface area contributed by atoms with Crippen molar-refractivity contribution in [1.82, 2.24) is 9.80 Å². The minimum absolute atomic E-state index is 0.0978. The molecule has 0 aromatic heterocycles. The average molecular weight is 441 g/mol. The average Bonchev–Trinajstić information content (AvgIpc) is 2.90. The molecule has 2 heterocycles. The Bertz CT molecular complexity index is 835. The molecule has 136 valence electrons. The van der Waals surface area contributed by atoms with Gasteiger partial charge in [0, 0.05) is 0 Å². The number of β-lactam (4-membered cyclic amide) rings is 1. The summed E-state index contributed by atoms with van der Waals surface area (Å²) in [5.41, 5.74) is 0.0230. The van der Waals surface area contributed by atoms with Crippen molar-refractivity contribution < 1.29 is 29.0 Å². The van der Waals surface area contributed by atoms with Gasteiger partial charge in [-0.2, -0.15) is 12.6 Å². The number of amides is 3. The van der Waals surface area contributed by atoms with E-state index in [0.717, 1.165) is 16.9 Å². The van der Waals surface area contributed by atoms with Gasteiger partial charge in [-0.1, -0.05) is 28.1 Å². The second kappa shape index (κ2) is 6.76. The SMILES string of the molecule is COC(=O)/C(=C(/O)CBr)N1C(=O)C(N2C(=O)c3ccccc3C2=O)C1S. The number of fused-ring (bicyclic) bond motifs is 1. The van der Waals surface area contributed by atoms with E-state index in [0.29, 0.717) is 0 Å². The van der Waals surface area contributed by atoms with Gasteiger partial charge in [-0.25, -0.2) is 4.79 Å². The van der Waals surface area contributed by atoms with Crippen molar-refractivity contribution in [3.8, 4) is 0 Å². The Balaban J connectivity index is 1.93. The van der Waals surface area contributed by atoms with E-state index in [1.807, 2.05) is 0 Å². The normalized spacial score (nSPS) is 22.8. The molecule has 2 atom stereocenters. The highest BCUT2D eigenvalue weighted by atomic mass is 79.9. The lowest BCUT2D eigenvalue weighted by Gasteiger charge is -2.47. The largest absolute Gasteiger partial charge is 0.509 e. The molecule has 3 rings (SSSR count). The Hall–Kier alpha value is -2.33. The minimum Gasteiger partial charge on any atom is -0.509 e. The van der Waals surface area contributed by atoms with Gasteiger partial charge in [0.25, 0.3) is 17.7 Å². The van der Waals surface area contributed by atoms with Gasteiger partial charge >= 0.3 is 5.97 Å². The van der Waals surface area contributed by atoms with Crippen LogP contribution in [0.3, 0.4) is 0 Å². The number of aliphatic hydroxyl groups excluding tert-OH is 1. The van der Waals surface area contributed by atoms with E-state index in [4.69, 9.17) is 0 Å². The number of carbonyl (C=O) groups excluding carboxylic acids is 4. The number of nitrogens with zero attached hydrogens (tertiary/aromatic N) is 2. The highest BCUT2D eigenvalue weighted by Gasteiger charge is 2.57. The Labute approximate surface area is 161 Å². The zero-order valence-corrected chi connectivity index (χ0v) is 15.9. The number of esters is 1. The first-order chi connectivity index (χ1) is 12.3. The molecule has 26 heavy (non-hydrogen) atoms. The summed E-state index contributed by atoms with van der Waals surface area (Å²) in [7, 11) is 1.10. The summed E-state index contributed by atoms with van der Waals surface area (Å²) in [6.45, 7) is 0. The minimum atomic E-state index is -1.19. The number of hydrogen-bond donors (Lipinski definition) is 2. The van der Waals surface area contributed by atoms with Crippen LogP contribution in [-0.2, 0) is 14.3 Å². The number of alkyl halides is 1. The molecule has 0 spiro atoms. The van der Waals surface area contributed by atoms with E-state index in [1.54, 1.807) is 12.1 Å². The summed E-state index contributed by atoms with van der Waals surface area (Å²) in [5.74, 6) is -3.28. The quantitative estimate of drug-likeness (QED) is 0.138. The number of carbonyl (C=O) groups is 4. The van der Waals surface area contributed by atoms with Crippen molar-refractivity contribution in [2.75, 3.05) is 12.4 Å². The predicted molar refractivity (Wildman–Crippen MR) is 95.8 cm³/mol. The summed E-state index contributed by atoms with van der Waals surface area (Å²) < 4.78 is 4.59. The molecule has 2 aliphatic rings. The maximum atomic E-state index is 12.6. The van der Waals surface area contributed by atoms with Crippen molar-refractivity contribution in [2.45, 2.75) is 11.4 Å². The molecular weight excluding hydrogens is 428 g/mol. The summed E-state index contributed by atoms with van der Waals surface area (Å²) in [4.78, 5) is 51.4. The summed E-state index contributed by atoms with van der Waals surface area (Å²) in [5, 5.41) is 8.85. The number of ether oxygens (including phenoxy) is 1. The molecule has 1 aromatic rings. The molecule has 2 aliphatic heterocycles. The third kappa shape index (κ3) is 2.52. The van der Waals surface area contributed by atoms with Crippen LogP contribution in [0.25, 0.3) is 0 Å². The lowest BCUT2D eigenvalue weighted by Crippen LogP contribution is -2.69. The number of thiol groups is 1. The molecule has 10 heteroatoms. The van der Waals surface area contributed by atoms with Crippen LogP contribution in [0.4, 0.5) is 0 Å². The topological polar surface area (TPSA) is 104 Å². The van der Waals surface area contributed by atoms with Crippen molar-refractivity contribution >= 4 is 52.2 Å². The fraction of sp³-hybridized carbons (Fsp3) is 0.250. The number of methoxy groups -OCH3 is 1. The first-order valence-electron chi connectivity index (χ1n) is 7.39. The molecular formula is C16H13BrN2O6S. The van der Waals surface area contributed by atoms with E-state index in [1.165, 1.54) is 12.1 Å². The third-order valence-corrected chi connectivity index (χ3v) is 5.21. The zero-order valence-electron chi connectivity index (χ0n) is 13.4. The molecule has 8 nitrogen and oxygen atoms in total. The summed E-state index contributed by atoms with van der Waals surface area (Å²) in [6, 6.07) is 5.05. The molecule has 2 unspecified atom stereocenters.